The number of hydrogen-bond acceptors (Lipinski definition) is 2. The van der Waals surface area contributed by atoms with E-state index in [1.807, 2.05) is 16.8 Å². The summed E-state index contributed by atoms with van der Waals surface area (Å²) < 4.78 is 38.5. The fourth-order valence-corrected chi connectivity index (χ4v) is 2.81. The first kappa shape index (κ1) is 16.5. The monoisotopic (exact) mass is 371 g/mol. The molecule has 0 bridgehead atoms. The van der Waals surface area contributed by atoms with E-state index < -0.39 is 17.8 Å². The number of rotatable bonds is 2. The van der Waals surface area contributed by atoms with E-state index in [2.05, 4.69) is 15.9 Å². The number of thiophene rings is 1. The Morgan fingerprint density at radius 3 is 2.37 bits per heavy atom. The molecule has 1 nitrogen and oxygen atoms in total. The zero-order valence-corrected chi connectivity index (χ0v) is 12.7. The van der Waals surface area contributed by atoms with Gasteiger partial charge >= 0.3 is 6.18 Å². The Morgan fingerprint density at radius 1 is 1.16 bits per heavy atom. The Labute approximate surface area is 127 Å². The van der Waals surface area contributed by atoms with Crippen LogP contribution in [0.2, 0.25) is 0 Å². The second-order valence-electron chi connectivity index (χ2n) is 3.81. The number of hydrogen-bond donors (Lipinski definition) is 1. The summed E-state index contributed by atoms with van der Waals surface area (Å²) in [6.07, 6.45) is -4.37. The summed E-state index contributed by atoms with van der Waals surface area (Å²) in [5.74, 6) is 0. The van der Waals surface area contributed by atoms with E-state index in [-0.39, 0.29) is 12.4 Å². The first-order valence-electron chi connectivity index (χ1n) is 5.03. The minimum Gasteiger partial charge on any atom is -0.320 e. The number of alkyl halides is 3. The van der Waals surface area contributed by atoms with Crippen LogP contribution in [0.25, 0.3) is 0 Å². The molecule has 0 radical (unpaired) electrons. The molecular formula is C12H10BrClF3NS. The molecule has 0 amide bonds. The van der Waals surface area contributed by atoms with Crippen LogP contribution in [0.4, 0.5) is 13.2 Å². The van der Waals surface area contributed by atoms with Gasteiger partial charge in [0, 0.05) is 4.47 Å². The van der Waals surface area contributed by atoms with Gasteiger partial charge in [-0.25, -0.2) is 0 Å². The van der Waals surface area contributed by atoms with Gasteiger partial charge in [0.05, 0.1) is 11.6 Å². The summed E-state index contributed by atoms with van der Waals surface area (Å²) in [6, 6.07) is 5.01. The number of nitrogens with two attached hydrogens (primary N) is 1. The van der Waals surface area contributed by atoms with Gasteiger partial charge in [0.1, 0.15) is 0 Å². The molecule has 0 aliphatic carbocycles. The van der Waals surface area contributed by atoms with E-state index in [9.17, 15) is 13.2 Å². The Morgan fingerprint density at radius 2 is 1.84 bits per heavy atom. The van der Waals surface area contributed by atoms with Crippen molar-refractivity contribution in [2.45, 2.75) is 12.2 Å². The molecule has 2 N–H and O–H groups in total. The summed E-state index contributed by atoms with van der Waals surface area (Å²) >= 11 is 4.55. The van der Waals surface area contributed by atoms with Gasteiger partial charge in [0.15, 0.2) is 0 Å². The van der Waals surface area contributed by atoms with Crippen molar-refractivity contribution in [2.75, 3.05) is 0 Å². The third kappa shape index (κ3) is 3.95. The van der Waals surface area contributed by atoms with E-state index >= 15 is 0 Å². The van der Waals surface area contributed by atoms with Crippen LogP contribution in [0.1, 0.15) is 22.7 Å². The number of benzene rings is 1. The topological polar surface area (TPSA) is 26.0 Å². The van der Waals surface area contributed by atoms with Crippen molar-refractivity contribution in [2.24, 2.45) is 5.73 Å². The molecule has 0 saturated carbocycles. The molecular weight excluding hydrogens is 363 g/mol. The third-order valence-electron chi connectivity index (χ3n) is 2.51. The van der Waals surface area contributed by atoms with E-state index in [1.165, 1.54) is 11.3 Å². The van der Waals surface area contributed by atoms with Crippen molar-refractivity contribution in [3.8, 4) is 0 Å². The van der Waals surface area contributed by atoms with Gasteiger partial charge in [-0.1, -0.05) is 15.9 Å². The second-order valence-corrected chi connectivity index (χ2v) is 5.50. The average Bonchev–Trinajstić information content (AvgIpc) is 2.79. The summed E-state index contributed by atoms with van der Waals surface area (Å²) in [6.45, 7) is 0. The first-order valence-corrected chi connectivity index (χ1v) is 6.77. The normalized spacial score (nSPS) is 12.9. The highest BCUT2D eigenvalue weighted by Gasteiger charge is 2.31. The van der Waals surface area contributed by atoms with Crippen LogP contribution < -0.4 is 5.73 Å². The smallest absolute Gasteiger partial charge is 0.320 e. The second kappa shape index (κ2) is 6.26. The van der Waals surface area contributed by atoms with Crippen molar-refractivity contribution in [1.82, 2.24) is 0 Å². The molecule has 1 heterocycles. The lowest BCUT2D eigenvalue weighted by molar-refractivity contribution is -0.137. The van der Waals surface area contributed by atoms with Crippen molar-refractivity contribution < 1.29 is 13.2 Å². The summed E-state index contributed by atoms with van der Waals surface area (Å²) in [7, 11) is 0. The molecule has 0 unspecified atom stereocenters. The Kier molecular flexibility index (Phi) is 5.43. The fraction of sp³-hybridized carbons (Fsp3) is 0.167. The van der Waals surface area contributed by atoms with Crippen molar-refractivity contribution >= 4 is 39.7 Å². The van der Waals surface area contributed by atoms with Crippen LogP contribution in [0, 0.1) is 0 Å². The molecule has 0 spiro atoms. The van der Waals surface area contributed by atoms with Gasteiger partial charge in [0.25, 0.3) is 0 Å². The molecule has 2 rings (SSSR count). The van der Waals surface area contributed by atoms with Gasteiger partial charge in [-0.15, -0.1) is 12.4 Å². The quantitative estimate of drug-likeness (QED) is 0.789. The predicted molar refractivity (Wildman–Crippen MR) is 76.7 cm³/mol. The minimum atomic E-state index is -4.37. The van der Waals surface area contributed by atoms with Crippen LogP contribution in [0.3, 0.4) is 0 Å². The lowest BCUT2D eigenvalue weighted by atomic mass is 10.00. The van der Waals surface area contributed by atoms with Crippen LogP contribution in [-0.4, -0.2) is 0 Å². The number of halogens is 5. The summed E-state index contributed by atoms with van der Waals surface area (Å²) in [5, 5.41) is 3.68. The fourth-order valence-electron chi connectivity index (χ4n) is 1.60. The predicted octanol–water partition coefficient (Wildman–Crippen LogP) is 5.00. The lowest BCUT2D eigenvalue weighted by Crippen LogP contribution is -2.13. The van der Waals surface area contributed by atoms with Gasteiger partial charge < -0.3 is 5.73 Å². The molecule has 7 heteroatoms. The van der Waals surface area contributed by atoms with Gasteiger partial charge in [-0.05, 0) is 46.2 Å². The molecule has 2 aromatic rings. The molecule has 19 heavy (non-hydrogen) atoms. The molecule has 0 saturated heterocycles. The molecule has 1 aromatic heterocycles. The van der Waals surface area contributed by atoms with E-state index in [0.717, 1.165) is 17.7 Å². The van der Waals surface area contributed by atoms with Crippen LogP contribution in [0.5, 0.6) is 0 Å². The average molecular weight is 373 g/mol. The Bertz CT molecular complexity index is 542. The van der Waals surface area contributed by atoms with Crippen molar-refractivity contribution in [3.63, 3.8) is 0 Å². The largest absolute Gasteiger partial charge is 0.416 e. The highest BCUT2D eigenvalue weighted by molar-refractivity contribution is 9.10. The molecule has 1 aromatic carbocycles. The van der Waals surface area contributed by atoms with Crippen LogP contribution >= 0.6 is 39.7 Å². The SMILES string of the molecule is Cl.N[C@H](c1ccsc1)c1cc(Br)cc(C(F)(F)F)c1. The van der Waals surface area contributed by atoms with E-state index in [1.54, 1.807) is 6.07 Å². The summed E-state index contributed by atoms with van der Waals surface area (Å²) in [5.41, 5.74) is 6.51. The van der Waals surface area contributed by atoms with E-state index in [0.29, 0.717) is 10.0 Å². The standard InChI is InChI=1S/C12H9BrF3NS.ClH/c13-10-4-8(3-9(5-10)12(14,15)16)11(17)7-1-2-18-6-7;/h1-6,11H,17H2;1H/t11-;/m1./s1. The lowest BCUT2D eigenvalue weighted by Gasteiger charge is -2.14. The van der Waals surface area contributed by atoms with Gasteiger partial charge in [-0.2, -0.15) is 24.5 Å². The Balaban J connectivity index is 0.00000180. The zero-order valence-electron chi connectivity index (χ0n) is 9.45. The minimum absolute atomic E-state index is 0. The Hall–Kier alpha value is -0.560. The molecule has 1 atom stereocenters. The molecule has 0 fully saturated rings. The van der Waals surface area contributed by atoms with Crippen LogP contribution in [-0.2, 0) is 6.18 Å². The van der Waals surface area contributed by atoms with Gasteiger partial charge in [0.2, 0.25) is 0 Å². The third-order valence-corrected chi connectivity index (χ3v) is 3.67. The first-order chi connectivity index (χ1) is 8.38. The molecule has 0 aliphatic heterocycles. The highest BCUT2D eigenvalue weighted by atomic mass is 79.9. The highest BCUT2D eigenvalue weighted by Crippen LogP contribution is 2.34. The molecule has 104 valence electrons. The maximum Gasteiger partial charge on any atom is 0.416 e. The van der Waals surface area contributed by atoms with E-state index in [4.69, 9.17) is 5.73 Å². The van der Waals surface area contributed by atoms with Crippen LogP contribution in [0.15, 0.2) is 39.5 Å². The molecule has 0 aliphatic rings. The maximum absolute atomic E-state index is 12.7. The van der Waals surface area contributed by atoms with Crippen molar-refractivity contribution in [1.29, 1.82) is 0 Å². The van der Waals surface area contributed by atoms with Crippen molar-refractivity contribution in [3.05, 3.63) is 56.2 Å². The maximum atomic E-state index is 12.7. The summed E-state index contributed by atoms with van der Waals surface area (Å²) in [4.78, 5) is 0. The zero-order chi connectivity index (χ0) is 13.3. The van der Waals surface area contributed by atoms with Gasteiger partial charge in [-0.3, -0.25) is 0 Å².